The van der Waals surface area contributed by atoms with Gasteiger partial charge in [-0.15, -0.1) is 11.8 Å². The Balaban J connectivity index is 3.06. The summed E-state index contributed by atoms with van der Waals surface area (Å²) in [6.45, 7) is 1.82. The van der Waals surface area contributed by atoms with Crippen molar-refractivity contribution in [1.29, 1.82) is 0 Å². The Morgan fingerprint density at radius 1 is 1.20 bits per heavy atom. The summed E-state index contributed by atoms with van der Waals surface area (Å²) in [6.07, 6.45) is 1.07. The fourth-order valence-corrected chi connectivity index (χ4v) is 2.20. The van der Waals surface area contributed by atoms with Crippen LogP contribution >= 0.6 is 11.8 Å². The molecular weight excluding hydrogens is 284 g/mol. The van der Waals surface area contributed by atoms with Crippen LogP contribution in [0.4, 0.5) is 10.6 Å². The van der Waals surface area contributed by atoms with Crippen LogP contribution in [-0.2, 0) is 9.68 Å². The smallest absolute Gasteiger partial charge is 0.371 e. The van der Waals surface area contributed by atoms with Gasteiger partial charge in [-0.25, -0.2) is 14.5 Å². The molecule has 0 aliphatic heterocycles. The topological polar surface area (TPSA) is 77.0 Å². The molecule has 0 saturated carbocycles. The first kappa shape index (κ1) is 16.5. The molecule has 1 heterocycles. The summed E-state index contributed by atoms with van der Waals surface area (Å²) in [5.74, 6) is 0.675. The first-order valence-corrected chi connectivity index (χ1v) is 6.87. The Morgan fingerprint density at radius 2 is 1.80 bits per heavy atom. The largest absolute Gasteiger partial charge is 0.467 e. The number of hydrogen-bond donors (Lipinski definition) is 0. The lowest BCUT2D eigenvalue weighted by Gasteiger charge is -2.18. The van der Waals surface area contributed by atoms with Gasteiger partial charge in [0.1, 0.15) is 5.82 Å². The van der Waals surface area contributed by atoms with Crippen molar-refractivity contribution in [2.45, 2.75) is 11.8 Å². The number of thioether (sulfide) groups is 1. The lowest BCUT2D eigenvalue weighted by Crippen LogP contribution is -2.32. The number of ether oxygens (including phenoxy) is 1. The number of carbonyl (C=O) groups excluding carboxylic acids is 1. The molecule has 9 heteroatoms. The first-order valence-electron chi connectivity index (χ1n) is 5.64. The Kier molecular flexibility index (Phi) is 5.99. The number of carbonyl (C=O) groups is 1. The molecule has 0 fully saturated rings. The Labute approximate surface area is 121 Å². The second-order valence-electron chi connectivity index (χ2n) is 3.83. The molecule has 0 aliphatic carbocycles. The molecule has 0 aromatic carbocycles. The van der Waals surface area contributed by atoms with Gasteiger partial charge in [0, 0.05) is 14.1 Å². The summed E-state index contributed by atoms with van der Waals surface area (Å²) in [5.41, 5.74) is 0.723. The van der Waals surface area contributed by atoms with E-state index in [1.165, 1.54) is 26.0 Å². The van der Waals surface area contributed by atoms with Crippen molar-refractivity contribution in [2.24, 2.45) is 0 Å². The van der Waals surface area contributed by atoms with Crippen LogP contribution in [0.3, 0.4) is 0 Å². The van der Waals surface area contributed by atoms with Gasteiger partial charge >= 0.3 is 12.1 Å². The van der Waals surface area contributed by atoms with Crippen molar-refractivity contribution in [3.8, 4) is 6.01 Å². The zero-order valence-electron chi connectivity index (χ0n) is 12.3. The zero-order valence-corrected chi connectivity index (χ0v) is 13.1. The summed E-state index contributed by atoms with van der Waals surface area (Å²) in [5, 5.41) is 0.580. The van der Waals surface area contributed by atoms with Gasteiger partial charge in [0.2, 0.25) is 0 Å². The Bertz CT molecular complexity index is 480. The van der Waals surface area contributed by atoms with Crippen LogP contribution in [0.15, 0.2) is 4.90 Å². The van der Waals surface area contributed by atoms with Gasteiger partial charge in [-0.05, 0) is 18.4 Å². The van der Waals surface area contributed by atoms with Gasteiger partial charge in [-0.2, -0.15) is 9.97 Å². The van der Waals surface area contributed by atoms with Crippen LogP contribution in [0.2, 0.25) is 0 Å². The number of aromatic nitrogens is 2. The minimum Gasteiger partial charge on any atom is -0.371 e. The molecule has 0 radical (unpaired) electrons. The highest BCUT2D eigenvalue weighted by atomic mass is 32.2. The maximum Gasteiger partial charge on any atom is 0.467 e. The van der Waals surface area contributed by atoms with E-state index in [0.29, 0.717) is 11.0 Å². The van der Waals surface area contributed by atoms with E-state index >= 15 is 0 Å². The molecule has 0 unspecified atom stereocenters. The number of amides is 1. The molecule has 0 spiro atoms. The summed E-state index contributed by atoms with van der Waals surface area (Å²) < 4.78 is 5.01. The van der Waals surface area contributed by atoms with E-state index in [2.05, 4.69) is 19.6 Å². The normalized spacial score (nSPS) is 10.3. The Morgan fingerprint density at radius 3 is 2.25 bits per heavy atom. The predicted molar refractivity (Wildman–Crippen MR) is 74.8 cm³/mol. The molecule has 0 aliphatic rings. The quantitative estimate of drug-likeness (QED) is 0.598. The van der Waals surface area contributed by atoms with Crippen molar-refractivity contribution < 1.29 is 19.2 Å². The average molecular weight is 302 g/mol. The van der Waals surface area contributed by atoms with Crippen LogP contribution in [0.5, 0.6) is 6.01 Å². The second-order valence-corrected chi connectivity index (χ2v) is 4.65. The summed E-state index contributed by atoms with van der Waals surface area (Å²) in [4.78, 5) is 32.1. The van der Waals surface area contributed by atoms with Crippen molar-refractivity contribution in [2.75, 3.05) is 39.5 Å². The van der Waals surface area contributed by atoms with Crippen molar-refractivity contribution >= 4 is 23.7 Å². The van der Waals surface area contributed by atoms with Crippen LogP contribution in [0, 0.1) is 6.92 Å². The third-order valence-corrected chi connectivity index (χ3v) is 3.17. The molecule has 20 heavy (non-hydrogen) atoms. The molecule has 0 saturated heterocycles. The first-order chi connectivity index (χ1) is 9.44. The van der Waals surface area contributed by atoms with E-state index in [9.17, 15) is 4.79 Å². The van der Waals surface area contributed by atoms with E-state index in [4.69, 9.17) is 4.74 Å². The van der Waals surface area contributed by atoms with E-state index in [-0.39, 0.29) is 6.01 Å². The third kappa shape index (κ3) is 3.71. The molecule has 1 amide bonds. The highest BCUT2D eigenvalue weighted by molar-refractivity contribution is 7.98. The van der Waals surface area contributed by atoms with E-state index in [1.54, 1.807) is 0 Å². The van der Waals surface area contributed by atoms with Gasteiger partial charge in [0.05, 0.1) is 24.8 Å². The van der Waals surface area contributed by atoms with Gasteiger partial charge in [-0.1, -0.05) is 0 Å². The second kappa shape index (κ2) is 7.27. The lowest BCUT2D eigenvalue weighted by molar-refractivity contribution is -0.305. The highest BCUT2D eigenvalue weighted by Crippen LogP contribution is 2.29. The number of hydrogen-bond acceptors (Lipinski definition) is 8. The third-order valence-electron chi connectivity index (χ3n) is 2.28. The van der Waals surface area contributed by atoms with E-state index in [1.807, 2.05) is 32.2 Å². The molecule has 8 nitrogen and oxygen atoms in total. The molecule has 112 valence electrons. The van der Waals surface area contributed by atoms with Crippen LogP contribution < -0.4 is 9.64 Å². The standard InChI is InChI=1S/C11H18N4O4S/c1-7-8(20-6)9(14(2)3)13-10(12-7)19-11(16)15(17-4)18-5/h1-6H3. The average Bonchev–Trinajstić information content (AvgIpc) is 2.39. The van der Waals surface area contributed by atoms with Crippen LogP contribution in [0.1, 0.15) is 5.69 Å². The number of rotatable bonds is 5. The summed E-state index contributed by atoms with van der Waals surface area (Å²) in [7, 11) is 6.26. The molecule has 1 aromatic heterocycles. The van der Waals surface area contributed by atoms with E-state index < -0.39 is 6.09 Å². The van der Waals surface area contributed by atoms with Gasteiger partial charge in [0.15, 0.2) is 0 Å². The molecule has 1 aromatic rings. The molecular formula is C11H18N4O4S. The van der Waals surface area contributed by atoms with Crippen molar-refractivity contribution in [3.63, 3.8) is 0 Å². The van der Waals surface area contributed by atoms with Gasteiger partial charge in [-0.3, -0.25) is 0 Å². The van der Waals surface area contributed by atoms with Crippen LogP contribution in [-0.4, -0.2) is 55.9 Å². The maximum absolute atomic E-state index is 11.7. The number of aryl methyl sites for hydroxylation is 1. The minimum absolute atomic E-state index is 0.0619. The molecule has 0 bridgehead atoms. The minimum atomic E-state index is -0.865. The molecule has 0 N–H and O–H groups in total. The SMILES string of the molecule is CON(OC)C(=O)Oc1nc(C)c(SC)c(N(C)C)n1. The fourth-order valence-electron chi connectivity index (χ4n) is 1.45. The lowest BCUT2D eigenvalue weighted by atomic mass is 10.4. The summed E-state index contributed by atoms with van der Waals surface area (Å²) >= 11 is 1.53. The molecule has 1 rings (SSSR count). The monoisotopic (exact) mass is 302 g/mol. The van der Waals surface area contributed by atoms with Crippen molar-refractivity contribution in [1.82, 2.24) is 15.2 Å². The van der Waals surface area contributed by atoms with E-state index in [0.717, 1.165) is 10.6 Å². The maximum atomic E-state index is 11.7. The van der Waals surface area contributed by atoms with Gasteiger partial charge < -0.3 is 9.64 Å². The Hall–Kier alpha value is -1.58. The molecule has 0 atom stereocenters. The number of anilines is 1. The van der Waals surface area contributed by atoms with Gasteiger partial charge in [0.25, 0.3) is 0 Å². The number of nitrogens with zero attached hydrogens (tertiary/aromatic N) is 4. The number of hydroxylamine groups is 2. The summed E-state index contributed by atoms with van der Waals surface area (Å²) in [6, 6.07) is -0.0619. The van der Waals surface area contributed by atoms with Crippen molar-refractivity contribution in [3.05, 3.63) is 5.69 Å². The van der Waals surface area contributed by atoms with Crippen LogP contribution in [0.25, 0.3) is 0 Å². The predicted octanol–water partition coefficient (Wildman–Crippen LogP) is 1.50. The highest BCUT2D eigenvalue weighted by Gasteiger charge is 2.20. The zero-order chi connectivity index (χ0) is 15.3. The fraction of sp³-hybridized carbons (Fsp3) is 0.545.